The van der Waals surface area contributed by atoms with Gasteiger partial charge < -0.3 is 4.90 Å². The lowest BCUT2D eigenvalue weighted by molar-refractivity contribution is -0.134. The summed E-state index contributed by atoms with van der Waals surface area (Å²) in [7, 11) is 0. The molecule has 2 nitrogen and oxygen atoms in total. The Bertz CT molecular complexity index is 630. The van der Waals surface area contributed by atoms with Gasteiger partial charge in [-0.25, -0.2) is 0 Å². The molecule has 1 aliphatic heterocycles. The maximum atomic E-state index is 12.9. The van der Waals surface area contributed by atoms with Crippen molar-refractivity contribution >= 4 is 5.91 Å². The van der Waals surface area contributed by atoms with Crippen molar-refractivity contribution < 1.29 is 4.79 Å². The fraction of sp³-hybridized carbons (Fsp3) is 0.409. The maximum Gasteiger partial charge on any atom is 0.230 e. The van der Waals surface area contributed by atoms with Gasteiger partial charge in [0.15, 0.2) is 0 Å². The Balaban J connectivity index is 1.56. The van der Waals surface area contributed by atoms with Crippen molar-refractivity contribution in [1.29, 1.82) is 0 Å². The van der Waals surface area contributed by atoms with E-state index in [-0.39, 0.29) is 5.92 Å². The Morgan fingerprint density at radius 1 is 1.00 bits per heavy atom. The van der Waals surface area contributed by atoms with E-state index in [9.17, 15) is 4.79 Å². The molecule has 1 atom stereocenters. The van der Waals surface area contributed by atoms with E-state index in [1.54, 1.807) is 0 Å². The summed E-state index contributed by atoms with van der Waals surface area (Å²) in [5, 5.41) is 0. The second-order valence-corrected chi connectivity index (χ2v) is 6.83. The van der Waals surface area contributed by atoms with Gasteiger partial charge in [0.05, 0.1) is 5.92 Å². The molecule has 0 aliphatic carbocycles. The fourth-order valence-corrected chi connectivity index (χ4v) is 3.76. The number of carbonyl (C=O) groups is 1. The summed E-state index contributed by atoms with van der Waals surface area (Å²) < 4.78 is 0. The summed E-state index contributed by atoms with van der Waals surface area (Å²) in [6.07, 6.45) is 4.24. The van der Waals surface area contributed by atoms with Crippen LogP contribution in [-0.2, 0) is 11.2 Å². The average Bonchev–Trinajstić information content (AvgIpc) is 2.65. The third-order valence-electron chi connectivity index (χ3n) is 5.20. The number of piperidine rings is 1. The van der Waals surface area contributed by atoms with Crippen LogP contribution in [0.2, 0.25) is 0 Å². The summed E-state index contributed by atoms with van der Waals surface area (Å²) in [6, 6.07) is 20.9. The smallest absolute Gasteiger partial charge is 0.230 e. The number of benzene rings is 2. The molecule has 0 saturated carbocycles. The lowest BCUT2D eigenvalue weighted by atomic mass is 9.88. The van der Waals surface area contributed by atoms with E-state index in [2.05, 4.69) is 54.3 Å². The number of nitrogens with zero attached hydrogens (tertiary/aromatic N) is 1. The van der Waals surface area contributed by atoms with Gasteiger partial charge in [-0.1, -0.05) is 67.6 Å². The van der Waals surface area contributed by atoms with E-state index < -0.39 is 0 Å². The first-order valence-corrected chi connectivity index (χ1v) is 9.15. The summed E-state index contributed by atoms with van der Waals surface area (Å²) in [6.45, 7) is 3.91. The van der Waals surface area contributed by atoms with Crippen LogP contribution in [0.3, 0.4) is 0 Å². The van der Waals surface area contributed by atoms with Crippen LogP contribution in [0.15, 0.2) is 60.7 Å². The SMILES string of the molecule is CC[C@@H](C(=O)N1CCC(Cc2ccccc2)CC1)c1ccccc1. The number of amides is 1. The second kappa shape index (κ2) is 8.14. The Labute approximate surface area is 145 Å². The Morgan fingerprint density at radius 2 is 1.58 bits per heavy atom. The molecule has 2 aromatic rings. The van der Waals surface area contributed by atoms with Crippen LogP contribution in [0.5, 0.6) is 0 Å². The Hall–Kier alpha value is -2.09. The lowest BCUT2D eigenvalue weighted by Gasteiger charge is -2.34. The summed E-state index contributed by atoms with van der Waals surface area (Å²) in [4.78, 5) is 15.0. The van der Waals surface area contributed by atoms with Crippen molar-refractivity contribution in [3.8, 4) is 0 Å². The van der Waals surface area contributed by atoms with Gasteiger partial charge >= 0.3 is 0 Å². The normalized spacial score (nSPS) is 16.8. The highest BCUT2D eigenvalue weighted by molar-refractivity contribution is 5.83. The average molecular weight is 321 g/mol. The van der Waals surface area contributed by atoms with Crippen molar-refractivity contribution in [3.05, 3.63) is 71.8 Å². The van der Waals surface area contributed by atoms with E-state index in [1.807, 2.05) is 18.2 Å². The minimum atomic E-state index is 0.0110. The number of hydrogen-bond acceptors (Lipinski definition) is 1. The van der Waals surface area contributed by atoms with E-state index in [0.29, 0.717) is 11.8 Å². The zero-order valence-electron chi connectivity index (χ0n) is 14.5. The lowest BCUT2D eigenvalue weighted by Crippen LogP contribution is -2.41. The molecule has 1 fully saturated rings. The first kappa shape index (κ1) is 16.8. The molecule has 2 aromatic carbocycles. The third-order valence-corrected chi connectivity index (χ3v) is 5.20. The topological polar surface area (TPSA) is 20.3 Å². The molecule has 2 heteroatoms. The van der Waals surface area contributed by atoms with Gasteiger partial charge in [0.25, 0.3) is 0 Å². The van der Waals surface area contributed by atoms with Gasteiger partial charge in [-0.3, -0.25) is 4.79 Å². The number of rotatable bonds is 5. The zero-order chi connectivity index (χ0) is 16.8. The molecule has 0 aromatic heterocycles. The highest BCUT2D eigenvalue weighted by atomic mass is 16.2. The molecule has 0 unspecified atom stereocenters. The molecule has 24 heavy (non-hydrogen) atoms. The van der Waals surface area contributed by atoms with Gasteiger partial charge in [0, 0.05) is 13.1 Å². The van der Waals surface area contributed by atoms with Crippen LogP contribution in [0.1, 0.15) is 43.2 Å². The first-order valence-electron chi connectivity index (χ1n) is 9.15. The largest absolute Gasteiger partial charge is 0.342 e. The van der Waals surface area contributed by atoms with E-state index in [4.69, 9.17) is 0 Å². The molecule has 1 amide bonds. The van der Waals surface area contributed by atoms with E-state index >= 15 is 0 Å². The number of hydrogen-bond donors (Lipinski definition) is 0. The zero-order valence-corrected chi connectivity index (χ0v) is 14.5. The van der Waals surface area contributed by atoms with Crippen LogP contribution in [0.25, 0.3) is 0 Å². The molecule has 0 N–H and O–H groups in total. The van der Waals surface area contributed by atoms with Crippen LogP contribution < -0.4 is 0 Å². The van der Waals surface area contributed by atoms with Gasteiger partial charge in [0.2, 0.25) is 5.91 Å². The van der Waals surface area contributed by atoms with Crippen molar-refractivity contribution in [1.82, 2.24) is 4.90 Å². The first-order chi connectivity index (χ1) is 11.8. The minimum absolute atomic E-state index is 0.0110. The second-order valence-electron chi connectivity index (χ2n) is 6.83. The third kappa shape index (κ3) is 4.05. The van der Waals surface area contributed by atoms with Crippen molar-refractivity contribution in [2.24, 2.45) is 5.92 Å². The summed E-state index contributed by atoms with van der Waals surface area (Å²) in [5.74, 6) is 1.02. The van der Waals surface area contributed by atoms with Crippen LogP contribution in [0.4, 0.5) is 0 Å². The van der Waals surface area contributed by atoms with Gasteiger partial charge in [-0.05, 0) is 42.7 Å². The van der Waals surface area contributed by atoms with Crippen molar-refractivity contribution in [2.45, 2.75) is 38.5 Å². The molecule has 1 saturated heterocycles. The number of likely N-dealkylation sites (tertiary alicyclic amines) is 1. The quantitative estimate of drug-likeness (QED) is 0.784. The molecule has 3 rings (SSSR count). The predicted octanol–water partition coefficient (Wildman–Crippen LogP) is 4.66. The highest BCUT2D eigenvalue weighted by Gasteiger charge is 2.28. The maximum absolute atomic E-state index is 12.9. The van der Waals surface area contributed by atoms with E-state index in [0.717, 1.165) is 44.3 Å². The molecule has 0 radical (unpaired) electrons. The van der Waals surface area contributed by atoms with Crippen molar-refractivity contribution in [3.63, 3.8) is 0 Å². The summed E-state index contributed by atoms with van der Waals surface area (Å²) in [5.41, 5.74) is 2.56. The van der Waals surface area contributed by atoms with Crippen LogP contribution in [-0.4, -0.2) is 23.9 Å². The van der Waals surface area contributed by atoms with Crippen molar-refractivity contribution in [2.75, 3.05) is 13.1 Å². The molecular formula is C22H27NO. The fourth-order valence-electron chi connectivity index (χ4n) is 3.76. The van der Waals surface area contributed by atoms with E-state index in [1.165, 1.54) is 5.56 Å². The highest BCUT2D eigenvalue weighted by Crippen LogP contribution is 2.27. The molecule has 126 valence electrons. The molecule has 1 heterocycles. The number of carbonyl (C=O) groups excluding carboxylic acids is 1. The Morgan fingerprint density at radius 3 is 2.17 bits per heavy atom. The molecule has 1 aliphatic rings. The Kier molecular flexibility index (Phi) is 5.68. The van der Waals surface area contributed by atoms with Crippen LogP contribution in [0, 0.1) is 5.92 Å². The van der Waals surface area contributed by atoms with Crippen LogP contribution >= 0.6 is 0 Å². The monoisotopic (exact) mass is 321 g/mol. The van der Waals surface area contributed by atoms with Gasteiger partial charge in [-0.15, -0.1) is 0 Å². The molecule has 0 spiro atoms. The molecular weight excluding hydrogens is 294 g/mol. The molecule has 0 bridgehead atoms. The van der Waals surface area contributed by atoms with Gasteiger partial charge in [-0.2, -0.15) is 0 Å². The minimum Gasteiger partial charge on any atom is -0.342 e. The predicted molar refractivity (Wildman–Crippen MR) is 98.9 cm³/mol. The standard InChI is InChI=1S/C22H27NO/c1-2-21(20-11-7-4-8-12-20)22(24)23-15-13-19(14-16-23)17-18-9-5-3-6-10-18/h3-12,19,21H,2,13-17H2,1H3/t21-/m1/s1. The van der Waals surface area contributed by atoms with Gasteiger partial charge in [0.1, 0.15) is 0 Å². The summed E-state index contributed by atoms with van der Waals surface area (Å²) >= 11 is 0.